The number of aliphatic carboxylic acids is 1. The van der Waals surface area contributed by atoms with Crippen molar-refractivity contribution in [2.24, 2.45) is 5.92 Å². The van der Waals surface area contributed by atoms with Gasteiger partial charge in [-0.2, -0.15) is 0 Å². The van der Waals surface area contributed by atoms with Gasteiger partial charge in [0.15, 0.2) is 0 Å². The normalized spacial score (nSPS) is 27.7. The fourth-order valence-electron chi connectivity index (χ4n) is 7.67. The predicted octanol–water partition coefficient (Wildman–Crippen LogP) is 4.90. The zero-order valence-corrected chi connectivity index (χ0v) is 28.8. The number of nitrogens with zero attached hydrogens (tertiary/aromatic N) is 3. The summed E-state index contributed by atoms with van der Waals surface area (Å²) in [7, 11) is 1.58. The third-order valence-corrected chi connectivity index (χ3v) is 10.6. The first-order valence-electron chi connectivity index (χ1n) is 18.0. The van der Waals surface area contributed by atoms with Crippen molar-refractivity contribution in [1.29, 1.82) is 0 Å². The number of methoxy groups -OCH3 is 1. The molecule has 2 saturated carbocycles. The van der Waals surface area contributed by atoms with Crippen LogP contribution in [0.25, 0.3) is 16.7 Å². The van der Waals surface area contributed by atoms with Crippen LogP contribution >= 0.6 is 0 Å². The van der Waals surface area contributed by atoms with Crippen LogP contribution in [0.5, 0.6) is 11.5 Å². The minimum absolute atomic E-state index is 0.0506. The zero-order valence-electron chi connectivity index (χ0n) is 28.8. The molecule has 4 aliphatic rings. The van der Waals surface area contributed by atoms with Crippen molar-refractivity contribution < 1.29 is 38.5 Å². The lowest BCUT2D eigenvalue weighted by molar-refractivity contribution is -0.145. The molecule has 0 bridgehead atoms. The van der Waals surface area contributed by atoms with E-state index in [1.807, 2.05) is 65.5 Å². The minimum Gasteiger partial charge on any atom is -0.497 e. The minimum atomic E-state index is -1.43. The molecule has 3 fully saturated rings. The summed E-state index contributed by atoms with van der Waals surface area (Å²) in [6, 6.07) is 9.13. The van der Waals surface area contributed by atoms with Crippen molar-refractivity contribution in [1.82, 2.24) is 25.1 Å². The zero-order chi connectivity index (χ0) is 35.5. The molecule has 1 saturated heterocycles. The predicted molar refractivity (Wildman–Crippen MR) is 187 cm³/mol. The Kier molecular flexibility index (Phi) is 9.88. The van der Waals surface area contributed by atoms with Gasteiger partial charge >= 0.3 is 12.1 Å². The second-order valence-corrected chi connectivity index (χ2v) is 14.1. The smallest absolute Gasteiger partial charge is 0.408 e. The number of hydrogen-bond donors (Lipinski definition) is 3. The van der Waals surface area contributed by atoms with Gasteiger partial charge in [0, 0.05) is 42.3 Å². The van der Waals surface area contributed by atoms with Gasteiger partial charge in [0.05, 0.1) is 19.2 Å². The Bertz CT molecular complexity index is 1800. The van der Waals surface area contributed by atoms with Crippen LogP contribution in [0, 0.1) is 5.92 Å². The number of hydrogen-bond acceptors (Lipinski definition) is 8. The van der Waals surface area contributed by atoms with E-state index in [-0.39, 0.29) is 31.4 Å². The van der Waals surface area contributed by atoms with E-state index in [1.165, 1.54) is 4.90 Å². The Labute approximate surface area is 296 Å². The number of nitrogens with one attached hydrogen (secondary N) is 2. The van der Waals surface area contributed by atoms with Gasteiger partial charge in [0.2, 0.25) is 11.8 Å². The number of carbonyl (C=O) groups excluding carboxylic acids is 3. The van der Waals surface area contributed by atoms with Crippen LogP contribution in [-0.4, -0.2) is 86.9 Å². The topological polar surface area (TPSA) is 161 Å². The van der Waals surface area contributed by atoms with E-state index in [9.17, 15) is 24.3 Å². The molecule has 13 nitrogen and oxygen atoms in total. The van der Waals surface area contributed by atoms with E-state index in [2.05, 4.69) is 10.6 Å². The molecule has 3 N–H and O–H groups in total. The van der Waals surface area contributed by atoms with E-state index < -0.39 is 47.6 Å². The van der Waals surface area contributed by atoms with E-state index in [0.29, 0.717) is 35.7 Å². The molecule has 1 unspecified atom stereocenters. The van der Waals surface area contributed by atoms with E-state index in [1.54, 1.807) is 7.11 Å². The molecule has 5 atom stereocenters. The summed E-state index contributed by atoms with van der Waals surface area (Å²) >= 11 is 0. The van der Waals surface area contributed by atoms with Crippen LogP contribution in [0.4, 0.5) is 4.79 Å². The molecule has 2 aromatic heterocycles. The lowest BCUT2D eigenvalue weighted by Crippen LogP contribution is -2.56. The van der Waals surface area contributed by atoms with Gasteiger partial charge < -0.3 is 39.4 Å². The summed E-state index contributed by atoms with van der Waals surface area (Å²) in [5.41, 5.74) is -0.797. The molecule has 7 rings (SSSR count). The van der Waals surface area contributed by atoms with Crippen molar-refractivity contribution in [2.45, 2.75) is 100 Å². The number of rotatable bonds is 7. The number of benzene rings is 1. The Balaban J connectivity index is 1.20. The van der Waals surface area contributed by atoms with Gasteiger partial charge in [-0.1, -0.05) is 25.0 Å². The Morgan fingerprint density at radius 1 is 1.02 bits per heavy atom. The van der Waals surface area contributed by atoms with Gasteiger partial charge in [-0.3, -0.25) is 9.59 Å². The van der Waals surface area contributed by atoms with Crippen molar-refractivity contribution >= 4 is 34.8 Å². The number of carboxylic acids is 1. The maximum atomic E-state index is 14.4. The molecule has 0 radical (unpaired) electrons. The number of amides is 3. The standard InChI is InChI=1S/C38H45N5O8/c1-49-26-15-16-28-30(19-26)39-33(42-17-9-10-18-42)21-32(28)50-27-20-31-34(44)41-38(36(46)47)22-24(38)11-5-3-2-4-6-14-29(35(45)43(31)23-27)40-37(48)51-25-12-7-8-13-25/h5,9-11,15-19,21,24-25,27,29,31H,2-4,6-8,12-14,20,22-23H2,1H3,(H,40,48)(H,41,44)(H,46,47)/b11-5-/t24-,27-,29-,31?,38-/m1/s1. The number of carbonyl (C=O) groups is 4. The van der Waals surface area contributed by atoms with Crippen LogP contribution in [0.2, 0.25) is 0 Å². The lowest BCUT2D eigenvalue weighted by atomic mass is 10.0. The quantitative estimate of drug-likeness (QED) is 0.292. The van der Waals surface area contributed by atoms with Crippen molar-refractivity contribution in [3.8, 4) is 17.3 Å². The molecule has 13 heteroatoms. The van der Waals surface area contributed by atoms with Crippen molar-refractivity contribution in [3.05, 3.63) is 60.9 Å². The maximum absolute atomic E-state index is 14.4. The molecule has 1 aromatic carbocycles. The molecule has 51 heavy (non-hydrogen) atoms. The molecule has 0 spiro atoms. The highest BCUT2D eigenvalue weighted by molar-refractivity contribution is 5.96. The van der Waals surface area contributed by atoms with Gasteiger partial charge in [-0.15, -0.1) is 0 Å². The van der Waals surface area contributed by atoms with Crippen LogP contribution in [0.3, 0.4) is 0 Å². The summed E-state index contributed by atoms with van der Waals surface area (Å²) in [6.07, 6.45) is 13.6. The van der Waals surface area contributed by atoms with Crippen LogP contribution in [-0.2, 0) is 19.1 Å². The van der Waals surface area contributed by atoms with Crippen LogP contribution < -0.4 is 20.1 Å². The number of ether oxygens (including phenoxy) is 3. The molecule has 3 amide bonds. The van der Waals surface area contributed by atoms with E-state index in [4.69, 9.17) is 19.2 Å². The van der Waals surface area contributed by atoms with Gasteiger partial charge in [0.25, 0.3) is 0 Å². The molecule has 4 heterocycles. The highest BCUT2D eigenvalue weighted by atomic mass is 16.6. The van der Waals surface area contributed by atoms with Gasteiger partial charge in [-0.05, 0) is 75.6 Å². The Hall–Kier alpha value is -5.07. The number of allylic oxidation sites excluding steroid dienone is 1. The SMILES string of the molecule is COc1ccc2c(O[C@@H]3CC4C(=O)N[C@]5(C(=O)O)C[C@H]5/C=C\CCCCC[C@@H](NC(=O)OC5CCCC5)C(=O)N4C3)cc(-n3cccc3)nc2c1. The molecular formula is C38H45N5O8. The van der Waals surface area contributed by atoms with Crippen molar-refractivity contribution in [2.75, 3.05) is 13.7 Å². The fraction of sp³-hybridized carbons (Fsp3) is 0.500. The second kappa shape index (κ2) is 14.7. The molecular weight excluding hydrogens is 654 g/mol. The van der Waals surface area contributed by atoms with E-state index >= 15 is 0 Å². The summed E-state index contributed by atoms with van der Waals surface area (Å²) in [5, 5.41) is 16.6. The third-order valence-electron chi connectivity index (χ3n) is 10.6. The number of alkyl carbamates (subject to hydrolysis) is 1. The third kappa shape index (κ3) is 7.38. The molecule has 3 aromatic rings. The first-order valence-corrected chi connectivity index (χ1v) is 18.0. The first kappa shape index (κ1) is 34.4. The average Bonchev–Trinajstić information content (AvgIpc) is 3.61. The largest absolute Gasteiger partial charge is 0.497 e. The highest BCUT2D eigenvalue weighted by Crippen LogP contribution is 2.45. The van der Waals surface area contributed by atoms with Gasteiger partial charge in [0.1, 0.15) is 47.1 Å². The number of pyridine rings is 1. The second-order valence-electron chi connectivity index (χ2n) is 14.1. The number of fused-ring (bicyclic) bond motifs is 3. The molecule has 2 aliphatic carbocycles. The van der Waals surface area contributed by atoms with E-state index in [0.717, 1.165) is 50.3 Å². The summed E-state index contributed by atoms with van der Waals surface area (Å²) in [6.45, 7) is 0.0506. The highest BCUT2D eigenvalue weighted by Gasteiger charge is 2.61. The average molecular weight is 700 g/mol. The summed E-state index contributed by atoms with van der Waals surface area (Å²) in [5.74, 6) is -0.684. The van der Waals surface area contributed by atoms with Crippen molar-refractivity contribution in [3.63, 3.8) is 0 Å². The summed E-state index contributed by atoms with van der Waals surface area (Å²) in [4.78, 5) is 60.4. The maximum Gasteiger partial charge on any atom is 0.408 e. The van der Waals surface area contributed by atoms with Crippen LogP contribution in [0.15, 0.2) is 60.9 Å². The Morgan fingerprint density at radius 3 is 2.57 bits per heavy atom. The van der Waals surface area contributed by atoms with Crippen LogP contribution in [0.1, 0.15) is 70.6 Å². The Morgan fingerprint density at radius 2 is 1.80 bits per heavy atom. The number of aromatic nitrogens is 2. The monoisotopic (exact) mass is 699 g/mol. The number of carboxylic acid groups (broad SMARTS) is 1. The fourth-order valence-corrected chi connectivity index (χ4v) is 7.67. The summed E-state index contributed by atoms with van der Waals surface area (Å²) < 4.78 is 19.6. The first-order chi connectivity index (χ1) is 24.7. The van der Waals surface area contributed by atoms with Gasteiger partial charge in [-0.25, -0.2) is 14.6 Å². The molecule has 2 aliphatic heterocycles. The lowest BCUT2D eigenvalue weighted by Gasteiger charge is -2.29. The molecule has 270 valence electrons.